The first kappa shape index (κ1) is 20.1. The Morgan fingerprint density at radius 2 is 1.76 bits per heavy atom. The Labute approximate surface area is 173 Å². The van der Waals surface area contributed by atoms with Crippen molar-refractivity contribution in [2.45, 2.75) is 79.1 Å². The van der Waals surface area contributed by atoms with Crippen LogP contribution in [-0.4, -0.2) is 28.0 Å². The van der Waals surface area contributed by atoms with Gasteiger partial charge in [-0.1, -0.05) is 40.5 Å². The fraction of sp³-hybridized carbons (Fsp3) is 0.625. The Kier molecular flexibility index (Phi) is 6.02. The zero-order valence-electron chi connectivity index (χ0n) is 18.4. The highest BCUT2D eigenvalue weighted by atomic mass is 16.3. The Bertz CT molecular complexity index is 984. The summed E-state index contributed by atoms with van der Waals surface area (Å²) in [6.45, 7) is 11.0. The third kappa shape index (κ3) is 3.84. The highest BCUT2D eigenvalue weighted by molar-refractivity contribution is 6.06. The van der Waals surface area contributed by atoms with Crippen LogP contribution in [0.1, 0.15) is 76.6 Å². The largest absolute Gasteiger partial charge is 0.432 e. The van der Waals surface area contributed by atoms with E-state index in [-0.39, 0.29) is 0 Å². The summed E-state index contributed by atoms with van der Waals surface area (Å²) in [4.78, 5) is 16.7. The Morgan fingerprint density at radius 1 is 1.03 bits per heavy atom. The van der Waals surface area contributed by atoms with Crippen LogP contribution in [0.3, 0.4) is 0 Å². The predicted octanol–water partition coefficient (Wildman–Crippen LogP) is 5.86. The molecule has 4 rings (SSSR count). The topological polar surface area (TPSA) is 55.1 Å². The first-order chi connectivity index (χ1) is 14.1. The van der Waals surface area contributed by atoms with Crippen LogP contribution in [0.4, 0.5) is 5.82 Å². The monoisotopic (exact) mass is 394 g/mol. The average Bonchev–Trinajstić information content (AvgIpc) is 3.32. The molecule has 0 atom stereocenters. The maximum absolute atomic E-state index is 6.39. The molecule has 5 heteroatoms. The molecule has 0 spiro atoms. The number of fused-ring (bicyclic) bond motifs is 5. The minimum Gasteiger partial charge on any atom is -0.432 e. The van der Waals surface area contributed by atoms with Gasteiger partial charge in [-0.25, -0.2) is 15.0 Å². The van der Waals surface area contributed by atoms with Crippen LogP contribution in [0.25, 0.3) is 22.2 Å². The van der Waals surface area contributed by atoms with Gasteiger partial charge in [0.25, 0.3) is 0 Å². The highest BCUT2D eigenvalue weighted by Crippen LogP contribution is 2.39. The van der Waals surface area contributed by atoms with Crippen LogP contribution >= 0.6 is 0 Å². The summed E-state index contributed by atoms with van der Waals surface area (Å²) in [6, 6.07) is 0. The van der Waals surface area contributed by atoms with Crippen molar-refractivity contribution in [1.82, 2.24) is 15.0 Å². The SMILES string of the molecule is CCCCN(CCCC)c1ncnc2c1oc1nc(CC(C)C)c3c(c12)CCC3. The Hall–Kier alpha value is -2.17. The summed E-state index contributed by atoms with van der Waals surface area (Å²) < 4.78 is 6.39. The molecule has 0 radical (unpaired) electrons. The van der Waals surface area contributed by atoms with E-state index in [1.807, 2.05) is 0 Å². The van der Waals surface area contributed by atoms with E-state index in [0.717, 1.165) is 73.2 Å². The molecule has 1 aliphatic rings. The molecule has 5 nitrogen and oxygen atoms in total. The first-order valence-electron chi connectivity index (χ1n) is 11.5. The van der Waals surface area contributed by atoms with E-state index < -0.39 is 0 Å². The predicted molar refractivity (Wildman–Crippen MR) is 120 cm³/mol. The van der Waals surface area contributed by atoms with E-state index >= 15 is 0 Å². The molecule has 0 amide bonds. The second-order valence-electron chi connectivity index (χ2n) is 8.82. The van der Waals surface area contributed by atoms with Gasteiger partial charge in [0.15, 0.2) is 11.4 Å². The van der Waals surface area contributed by atoms with Crippen molar-refractivity contribution in [3.63, 3.8) is 0 Å². The fourth-order valence-corrected chi connectivity index (χ4v) is 4.57. The van der Waals surface area contributed by atoms with Crippen molar-refractivity contribution < 1.29 is 4.42 Å². The van der Waals surface area contributed by atoms with Crippen molar-refractivity contribution >= 4 is 28.0 Å². The molecule has 29 heavy (non-hydrogen) atoms. The Balaban J connectivity index is 1.87. The van der Waals surface area contributed by atoms with E-state index in [1.54, 1.807) is 6.33 Å². The molecule has 0 aliphatic heterocycles. The van der Waals surface area contributed by atoms with Crippen molar-refractivity contribution in [3.05, 3.63) is 23.1 Å². The molecular weight excluding hydrogens is 360 g/mol. The standard InChI is InChI=1S/C24H34N4O/c1-5-7-12-28(13-8-6-2)23-22-21(25-15-26-23)20-18-11-9-10-17(18)19(14-16(3)4)27-24(20)29-22/h15-16H,5-14H2,1-4H3. The zero-order valence-corrected chi connectivity index (χ0v) is 18.4. The number of nitrogens with zero attached hydrogens (tertiary/aromatic N) is 4. The van der Waals surface area contributed by atoms with Crippen LogP contribution in [0, 0.1) is 5.92 Å². The fourth-order valence-electron chi connectivity index (χ4n) is 4.57. The lowest BCUT2D eigenvalue weighted by Crippen LogP contribution is -2.26. The van der Waals surface area contributed by atoms with Crippen LogP contribution in [0.15, 0.2) is 10.7 Å². The van der Waals surface area contributed by atoms with Gasteiger partial charge in [0.1, 0.15) is 11.8 Å². The number of aryl methyl sites for hydroxylation is 1. The summed E-state index contributed by atoms with van der Waals surface area (Å²) in [6.07, 6.45) is 10.8. The highest BCUT2D eigenvalue weighted by Gasteiger charge is 2.26. The molecule has 3 aromatic heterocycles. The molecule has 1 aliphatic carbocycles. The number of hydrogen-bond donors (Lipinski definition) is 0. The summed E-state index contributed by atoms with van der Waals surface area (Å²) in [5.41, 5.74) is 6.61. The van der Waals surface area contributed by atoms with Crippen LogP contribution in [-0.2, 0) is 19.3 Å². The molecule has 0 bridgehead atoms. The second-order valence-corrected chi connectivity index (χ2v) is 8.82. The van der Waals surface area contributed by atoms with E-state index in [2.05, 4.69) is 42.6 Å². The van der Waals surface area contributed by atoms with Crippen molar-refractivity contribution in [2.24, 2.45) is 5.92 Å². The lowest BCUT2D eigenvalue weighted by atomic mass is 9.99. The number of pyridine rings is 1. The summed E-state index contributed by atoms with van der Waals surface area (Å²) >= 11 is 0. The van der Waals surface area contributed by atoms with E-state index in [0.29, 0.717) is 5.92 Å². The smallest absolute Gasteiger partial charge is 0.229 e. The summed E-state index contributed by atoms with van der Waals surface area (Å²) in [5.74, 6) is 1.52. The quantitative estimate of drug-likeness (QED) is 0.454. The zero-order chi connectivity index (χ0) is 20.4. The van der Waals surface area contributed by atoms with Gasteiger partial charge in [-0.2, -0.15) is 0 Å². The third-order valence-corrected chi connectivity index (χ3v) is 6.00. The van der Waals surface area contributed by atoms with Gasteiger partial charge >= 0.3 is 0 Å². The molecular formula is C24H34N4O. The minimum atomic E-state index is 0.586. The number of unbranched alkanes of at least 4 members (excludes halogenated alkanes) is 2. The van der Waals surface area contributed by atoms with E-state index in [1.165, 1.54) is 36.1 Å². The van der Waals surface area contributed by atoms with Gasteiger partial charge in [0.2, 0.25) is 5.71 Å². The van der Waals surface area contributed by atoms with E-state index in [9.17, 15) is 0 Å². The Morgan fingerprint density at radius 3 is 2.45 bits per heavy atom. The number of furan rings is 1. The number of aromatic nitrogens is 3. The summed E-state index contributed by atoms with van der Waals surface area (Å²) in [7, 11) is 0. The van der Waals surface area contributed by atoms with Crippen molar-refractivity contribution in [1.29, 1.82) is 0 Å². The molecule has 0 N–H and O–H groups in total. The van der Waals surface area contributed by atoms with E-state index in [4.69, 9.17) is 9.40 Å². The molecule has 3 aromatic rings. The van der Waals surface area contributed by atoms with Crippen molar-refractivity contribution in [3.8, 4) is 0 Å². The number of rotatable bonds is 9. The van der Waals surface area contributed by atoms with Crippen molar-refractivity contribution in [2.75, 3.05) is 18.0 Å². The average molecular weight is 395 g/mol. The lowest BCUT2D eigenvalue weighted by molar-refractivity contribution is 0.612. The van der Waals surface area contributed by atoms with Gasteiger partial charge in [-0.15, -0.1) is 0 Å². The second kappa shape index (κ2) is 8.68. The molecule has 0 saturated heterocycles. The van der Waals surface area contributed by atoms with Gasteiger partial charge in [0, 0.05) is 18.8 Å². The van der Waals surface area contributed by atoms with Gasteiger partial charge < -0.3 is 9.32 Å². The maximum Gasteiger partial charge on any atom is 0.229 e. The molecule has 0 aromatic carbocycles. The minimum absolute atomic E-state index is 0.586. The molecule has 0 fully saturated rings. The normalized spacial score (nSPS) is 13.7. The summed E-state index contributed by atoms with van der Waals surface area (Å²) in [5, 5.41) is 1.13. The van der Waals surface area contributed by atoms with Crippen LogP contribution in [0.2, 0.25) is 0 Å². The molecule has 3 heterocycles. The van der Waals surface area contributed by atoms with Gasteiger partial charge in [0.05, 0.1) is 5.39 Å². The third-order valence-electron chi connectivity index (χ3n) is 6.00. The molecule has 0 saturated carbocycles. The number of hydrogen-bond acceptors (Lipinski definition) is 5. The first-order valence-corrected chi connectivity index (χ1v) is 11.5. The lowest BCUT2D eigenvalue weighted by Gasteiger charge is -2.23. The van der Waals surface area contributed by atoms with Crippen LogP contribution < -0.4 is 4.90 Å². The maximum atomic E-state index is 6.39. The molecule has 156 valence electrons. The van der Waals surface area contributed by atoms with Gasteiger partial charge in [-0.3, -0.25) is 0 Å². The van der Waals surface area contributed by atoms with Gasteiger partial charge in [-0.05, 0) is 55.6 Å². The number of anilines is 1. The van der Waals surface area contributed by atoms with Crippen LogP contribution in [0.5, 0.6) is 0 Å². The molecule has 0 unspecified atom stereocenters.